The van der Waals surface area contributed by atoms with E-state index in [2.05, 4.69) is 59.6 Å². The lowest BCUT2D eigenvalue weighted by Crippen LogP contribution is -2.43. The summed E-state index contributed by atoms with van der Waals surface area (Å²) in [5.41, 5.74) is 2.41. The molecule has 3 aromatic carbocycles. The quantitative estimate of drug-likeness (QED) is 0.473. The first-order valence-electron chi connectivity index (χ1n) is 11.1. The van der Waals surface area contributed by atoms with Crippen LogP contribution >= 0.6 is 12.4 Å². The molecule has 7 heteroatoms. The number of rotatable bonds is 9. The number of aliphatic carboxylic acids is 1. The van der Waals surface area contributed by atoms with Gasteiger partial charge < -0.3 is 24.8 Å². The monoisotopic (exact) mass is 470 g/mol. The van der Waals surface area contributed by atoms with Crippen LogP contribution in [-0.2, 0) is 9.53 Å². The Hall–Kier alpha value is -2.80. The Morgan fingerprint density at radius 1 is 1.15 bits per heavy atom. The minimum atomic E-state index is -0.978. The Labute approximate surface area is 200 Å². The molecular weight excluding hydrogens is 440 g/mol. The zero-order valence-corrected chi connectivity index (χ0v) is 19.6. The molecule has 0 spiro atoms. The molecule has 0 aliphatic carbocycles. The predicted molar refractivity (Wildman–Crippen MR) is 134 cm³/mol. The normalized spacial score (nSPS) is 16.8. The maximum atomic E-state index is 10.6. The van der Waals surface area contributed by atoms with Crippen LogP contribution in [0.3, 0.4) is 0 Å². The number of benzene rings is 3. The molecule has 1 heterocycles. The first-order valence-corrected chi connectivity index (χ1v) is 11.1. The van der Waals surface area contributed by atoms with Crippen LogP contribution in [-0.4, -0.2) is 50.0 Å². The van der Waals surface area contributed by atoms with Crippen molar-refractivity contribution in [3.05, 3.63) is 72.3 Å². The molecule has 1 aliphatic heterocycles. The molecule has 0 radical (unpaired) electrons. The highest BCUT2D eigenvalue weighted by Gasteiger charge is 2.21. The molecule has 4 rings (SSSR count). The number of nitrogens with zero attached hydrogens (tertiary/aromatic N) is 1. The van der Waals surface area contributed by atoms with E-state index in [1.165, 1.54) is 16.3 Å². The summed E-state index contributed by atoms with van der Waals surface area (Å²) in [6.07, 6.45) is 1.10. The van der Waals surface area contributed by atoms with E-state index in [9.17, 15) is 4.79 Å². The molecule has 176 valence electrons. The van der Waals surface area contributed by atoms with Gasteiger partial charge in [0, 0.05) is 24.8 Å². The molecule has 6 nitrogen and oxygen atoms in total. The van der Waals surface area contributed by atoms with Gasteiger partial charge >= 0.3 is 5.97 Å². The van der Waals surface area contributed by atoms with Crippen molar-refractivity contribution < 1.29 is 19.4 Å². The molecule has 0 bridgehead atoms. The van der Waals surface area contributed by atoms with Gasteiger partial charge in [0.2, 0.25) is 0 Å². The highest BCUT2D eigenvalue weighted by Crippen LogP contribution is 2.25. The molecule has 2 N–H and O–H groups in total. The number of hydrogen-bond donors (Lipinski definition) is 2. The average molecular weight is 471 g/mol. The molecule has 1 unspecified atom stereocenters. The van der Waals surface area contributed by atoms with Crippen molar-refractivity contribution in [3.8, 4) is 5.75 Å². The van der Waals surface area contributed by atoms with E-state index in [0.717, 1.165) is 31.7 Å². The summed E-state index contributed by atoms with van der Waals surface area (Å²) >= 11 is 0. The molecular formula is C26H31ClN2O4. The summed E-state index contributed by atoms with van der Waals surface area (Å²) in [6, 6.07) is 22.8. The van der Waals surface area contributed by atoms with Gasteiger partial charge in [0.15, 0.2) is 6.61 Å². The van der Waals surface area contributed by atoms with Gasteiger partial charge in [0.05, 0.1) is 12.7 Å². The van der Waals surface area contributed by atoms with Crippen LogP contribution in [0.5, 0.6) is 5.75 Å². The number of nitrogens with one attached hydrogen (secondary N) is 1. The third kappa shape index (κ3) is 6.60. The van der Waals surface area contributed by atoms with Crippen molar-refractivity contribution in [2.45, 2.75) is 25.5 Å². The number of anilines is 1. The van der Waals surface area contributed by atoms with E-state index in [1.54, 1.807) is 0 Å². The summed E-state index contributed by atoms with van der Waals surface area (Å²) in [7, 11) is 0. The minimum Gasteiger partial charge on any atom is -0.482 e. The Morgan fingerprint density at radius 2 is 1.91 bits per heavy atom. The molecule has 1 aliphatic rings. The number of carboxylic acid groups (broad SMARTS) is 1. The predicted octanol–water partition coefficient (Wildman–Crippen LogP) is 4.67. The van der Waals surface area contributed by atoms with Gasteiger partial charge in [-0.25, -0.2) is 4.79 Å². The zero-order valence-electron chi connectivity index (χ0n) is 18.8. The van der Waals surface area contributed by atoms with Gasteiger partial charge in [-0.1, -0.05) is 42.5 Å². The van der Waals surface area contributed by atoms with Crippen LogP contribution in [0.2, 0.25) is 0 Å². The lowest BCUT2D eigenvalue weighted by atomic mass is 9.99. The molecule has 2 atom stereocenters. The van der Waals surface area contributed by atoms with E-state index < -0.39 is 5.97 Å². The maximum Gasteiger partial charge on any atom is 0.341 e. The topological polar surface area (TPSA) is 71.0 Å². The molecule has 0 aromatic heterocycles. The summed E-state index contributed by atoms with van der Waals surface area (Å²) in [5.74, 6) is -0.416. The minimum absolute atomic E-state index is 0. The fraction of sp³-hybridized carbons (Fsp3) is 0.346. The summed E-state index contributed by atoms with van der Waals surface area (Å²) < 4.78 is 11.2. The average Bonchev–Trinajstić information content (AvgIpc) is 2.83. The maximum absolute atomic E-state index is 10.6. The molecule has 1 saturated heterocycles. The van der Waals surface area contributed by atoms with E-state index >= 15 is 0 Å². The van der Waals surface area contributed by atoms with Crippen LogP contribution in [0.25, 0.3) is 10.8 Å². The van der Waals surface area contributed by atoms with E-state index in [-0.39, 0.29) is 31.2 Å². The standard InChI is InChI=1S/C26H30N2O4.ClH/c1-19(24-8-4-6-20-5-2-3-7-25(20)24)27-14-13-23-17-28(15-16-31-23)21-9-11-22(12-10-21)32-18-26(29)30;/h2-12,19,23,27H,13-18H2,1H3,(H,29,30);1H/t19-,23?;/m1./s1. The summed E-state index contributed by atoms with van der Waals surface area (Å²) in [4.78, 5) is 12.9. The van der Waals surface area contributed by atoms with Crippen LogP contribution in [0, 0.1) is 0 Å². The smallest absolute Gasteiger partial charge is 0.341 e. The number of morpholine rings is 1. The van der Waals surface area contributed by atoms with E-state index in [1.807, 2.05) is 24.3 Å². The highest BCUT2D eigenvalue weighted by molar-refractivity contribution is 5.86. The fourth-order valence-corrected chi connectivity index (χ4v) is 4.23. The second-order valence-electron chi connectivity index (χ2n) is 8.15. The van der Waals surface area contributed by atoms with Gasteiger partial charge in [0.25, 0.3) is 0 Å². The molecule has 33 heavy (non-hydrogen) atoms. The zero-order chi connectivity index (χ0) is 22.3. The van der Waals surface area contributed by atoms with Crippen molar-refractivity contribution in [3.63, 3.8) is 0 Å². The third-order valence-electron chi connectivity index (χ3n) is 5.91. The first-order chi connectivity index (χ1) is 15.6. The van der Waals surface area contributed by atoms with Gasteiger partial charge in [0.1, 0.15) is 5.75 Å². The van der Waals surface area contributed by atoms with Gasteiger partial charge in [-0.2, -0.15) is 0 Å². The third-order valence-corrected chi connectivity index (χ3v) is 5.91. The molecule has 0 saturated carbocycles. The number of fused-ring (bicyclic) bond motifs is 1. The fourth-order valence-electron chi connectivity index (χ4n) is 4.23. The van der Waals surface area contributed by atoms with Crippen molar-refractivity contribution in [2.24, 2.45) is 0 Å². The number of carboxylic acids is 1. The SMILES string of the molecule is C[C@@H](NCCC1CN(c2ccc(OCC(=O)O)cc2)CCO1)c1cccc2ccccc12.Cl. The van der Waals surface area contributed by atoms with Crippen LogP contribution in [0.15, 0.2) is 66.7 Å². The first kappa shape index (κ1) is 24.8. The van der Waals surface area contributed by atoms with Crippen molar-refractivity contribution in [2.75, 3.05) is 37.7 Å². The Balaban J connectivity index is 0.00000306. The lowest BCUT2D eigenvalue weighted by molar-refractivity contribution is -0.139. The second kappa shape index (κ2) is 11.9. The van der Waals surface area contributed by atoms with E-state index in [4.69, 9.17) is 14.6 Å². The largest absolute Gasteiger partial charge is 0.482 e. The Morgan fingerprint density at radius 3 is 2.70 bits per heavy atom. The van der Waals surface area contributed by atoms with Gasteiger partial charge in [-0.15, -0.1) is 12.4 Å². The Bertz CT molecular complexity index is 1040. The van der Waals surface area contributed by atoms with Gasteiger partial charge in [-0.3, -0.25) is 0 Å². The number of carbonyl (C=O) groups is 1. The van der Waals surface area contributed by atoms with Crippen LogP contribution in [0.4, 0.5) is 5.69 Å². The van der Waals surface area contributed by atoms with Crippen LogP contribution in [0.1, 0.15) is 24.9 Å². The van der Waals surface area contributed by atoms with Crippen molar-refractivity contribution >= 4 is 34.8 Å². The number of ether oxygens (including phenoxy) is 2. The van der Waals surface area contributed by atoms with E-state index in [0.29, 0.717) is 12.4 Å². The highest BCUT2D eigenvalue weighted by atomic mass is 35.5. The molecule has 3 aromatic rings. The number of hydrogen-bond acceptors (Lipinski definition) is 5. The summed E-state index contributed by atoms with van der Waals surface area (Å²) in [5, 5.41) is 15.0. The van der Waals surface area contributed by atoms with Gasteiger partial charge in [-0.05, 0) is 60.5 Å². The Kier molecular flexibility index (Phi) is 8.95. The van der Waals surface area contributed by atoms with Crippen molar-refractivity contribution in [1.29, 1.82) is 0 Å². The van der Waals surface area contributed by atoms with Crippen LogP contribution < -0.4 is 15.0 Å². The second-order valence-corrected chi connectivity index (χ2v) is 8.15. The molecule has 1 fully saturated rings. The number of halogens is 1. The van der Waals surface area contributed by atoms with Crippen molar-refractivity contribution in [1.82, 2.24) is 5.32 Å². The molecule has 0 amide bonds. The summed E-state index contributed by atoms with van der Waals surface area (Å²) in [6.45, 7) is 5.13. The lowest BCUT2D eigenvalue weighted by Gasteiger charge is -2.35.